The van der Waals surface area contributed by atoms with Gasteiger partial charge in [-0.15, -0.1) is 0 Å². The fraction of sp³-hybridized carbons (Fsp3) is 0.560. The van der Waals surface area contributed by atoms with Crippen molar-refractivity contribution in [3.63, 3.8) is 0 Å². The lowest BCUT2D eigenvalue weighted by atomic mass is 9.71. The van der Waals surface area contributed by atoms with Crippen LogP contribution in [0.1, 0.15) is 49.7 Å². The highest BCUT2D eigenvalue weighted by Crippen LogP contribution is 2.40. The Labute approximate surface area is 190 Å². The SMILES string of the molecule is CNc1cc(C2(C)CCCN(C(=O)C3(c4ccc(OC)cc4)CCOCC3)C2)nc(C)n1. The molecule has 0 radical (unpaired) electrons. The molecule has 2 aromatic rings. The Morgan fingerprint density at radius 2 is 1.88 bits per heavy atom. The zero-order chi connectivity index (χ0) is 22.8. The van der Waals surface area contributed by atoms with Crippen molar-refractivity contribution in [3.8, 4) is 5.75 Å². The topological polar surface area (TPSA) is 76.6 Å². The summed E-state index contributed by atoms with van der Waals surface area (Å²) in [4.78, 5) is 25.4. The third-order valence-corrected chi connectivity index (χ3v) is 7.09. The number of anilines is 1. The predicted octanol–water partition coefficient (Wildman–Crippen LogP) is 3.46. The molecule has 2 aliphatic rings. The van der Waals surface area contributed by atoms with Gasteiger partial charge >= 0.3 is 0 Å². The van der Waals surface area contributed by atoms with E-state index in [1.165, 1.54) is 0 Å². The molecular weight excluding hydrogens is 404 g/mol. The number of likely N-dealkylation sites (tertiary alicyclic amines) is 1. The molecule has 32 heavy (non-hydrogen) atoms. The third kappa shape index (κ3) is 4.18. The molecule has 0 spiro atoms. The monoisotopic (exact) mass is 438 g/mol. The van der Waals surface area contributed by atoms with Crippen molar-refractivity contribution >= 4 is 11.7 Å². The number of nitrogens with zero attached hydrogens (tertiary/aromatic N) is 3. The van der Waals surface area contributed by atoms with Crippen LogP contribution in [0, 0.1) is 6.92 Å². The van der Waals surface area contributed by atoms with Crippen molar-refractivity contribution < 1.29 is 14.3 Å². The van der Waals surface area contributed by atoms with Gasteiger partial charge < -0.3 is 19.7 Å². The largest absolute Gasteiger partial charge is 0.497 e. The van der Waals surface area contributed by atoms with Crippen LogP contribution in [-0.4, -0.2) is 61.2 Å². The number of carbonyl (C=O) groups is 1. The number of carbonyl (C=O) groups excluding carboxylic acids is 1. The standard InChI is InChI=1S/C25H34N4O3/c1-18-27-21(16-22(26-3)28-18)24(2)10-5-13-29(17-24)23(30)25(11-14-32-15-12-25)19-6-8-20(31-4)9-7-19/h6-9,16H,5,10-15,17H2,1-4H3,(H,26,27,28). The molecule has 172 valence electrons. The van der Waals surface area contributed by atoms with Gasteiger partial charge in [-0.25, -0.2) is 9.97 Å². The Hall–Kier alpha value is -2.67. The van der Waals surface area contributed by atoms with Crippen LogP contribution in [0.5, 0.6) is 5.75 Å². The highest BCUT2D eigenvalue weighted by atomic mass is 16.5. The molecule has 1 amide bonds. The molecular formula is C25H34N4O3. The highest BCUT2D eigenvalue weighted by Gasteiger charge is 2.46. The number of methoxy groups -OCH3 is 1. The van der Waals surface area contributed by atoms with Crippen LogP contribution in [-0.2, 0) is 20.4 Å². The fourth-order valence-electron chi connectivity index (χ4n) is 5.19. The maximum atomic E-state index is 14.1. The number of hydrogen-bond donors (Lipinski definition) is 1. The molecule has 0 bridgehead atoms. The van der Waals surface area contributed by atoms with E-state index in [0.717, 1.165) is 48.0 Å². The first-order chi connectivity index (χ1) is 15.4. The van der Waals surface area contributed by atoms with E-state index in [2.05, 4.69) is 22.1 Å². The number of piperidine rings is 1. The summed E-state index contributed by atoms with van der Waals surface area (Å²) in [7, 11) is 3.53. The summed E-state index contributed by atoms with van der Waals surface area (Å²) in [5.41, 5.74) is 1.28. The summed E-state index contributed by atoms with van der Waals surface area (Å²) in [6, 6.07) is 10.00. The van der Waals surface area contributed by atoms with Gasteiger partial charge in [0, 0.05) is 44.8 Å². The van der Waals surface area contributed by atoms with Crippen LogP contribution in [0.3, 0.4) is 0 Å². The molecule has 0 saturated carbocycles. The van der Waals surface area contributed by atoms with E-state index < -0.39 is 5.41 Å². The molecule has 1 unspecified atom stereocenters. The molecule has 2 aliphatic heterocycles. The second-order valence-corrected chi connectivity index (χ2v) is 9.25. The number of aromatic nitrogens is 2. The molecule has 1 aromatic carbocycles. The number of aryl methyl sites for hydroxylation is 1. The molecule has 2 saturated heterocycles. The Morgan fingerprint density at radius 3 is 2.53 bits per heavy atom. The van der Waals surface area contributed by atoms with E-state index in [1.807, 2.05) is 44.3 Å². The van der Waals surface area contributed by atoms with Gasteiger partial charge in [-0.2, -0.15) is 0 Å². The summed E-state index contributed by atoms with van der Waals surface area (Å²) >= 11 is 0. The average Bonchev–Trinajstić information content (AvgIpc) is 2.83. The second kappa shape index (κ2) is 9.06. The normalized spacial score (nSPS) is 22.9. The maximum absolute atomic E-state index is 14.1. The Kier molecular flexibility index (Phi) is 6.38. The highest BCUT2D eigenvalue weighted by molar-refractivity contribution is 5.88. The average molecular weight is 439 g/mol. The summed E-state index contributed by atoms with van der Waals surface area (Å²) < 4.78 is 11.0. The summed E-state index contributed by atoms with van der Waals surface area (Å²) in [5.74, 6) is 2.57. The van der Waals surface area contributed by atoms with Gasteiger partial charge in [-0.05, 0) is 50.3 Å². The fourth-order valence-corrected chi connectivity index (χ4v) is 5.19. The first-order valence-electron chi connectivity index (χ1n) is 11.5. The van der Waals surface area contributed by atoms with Crippen molar-refractivity contribution in [3.05, 3.63) is 47.4 Å². The van der Waals surface area contributed by atoms with Crippen molar-refractivity contribution in [2.75, 3.05) is 45.8 Å². The van der Waals surface area contributed by atoms with Crippen LogP contribution < -0.4 is 10.1 Å². The lowest BCUT2D eigenvalue weighted by molar-refractivity contribution is -0.143. The first-order valence-corrected chi connectivity index (χ1v) is 11.5. The smallest absolute Gasteiger partial charge is 0.233 e. The van der Waals surface area contributed by atoms with Crippen LogP contribution in [0.25, 0.3) is 0 Å². The Morgan fingerprint density at radius 1 is 1.16 bits per heavy atom. The van der Waals surface area contributed by atoms with Crippen molar-refractivity contribution in [2.45, 2.75) is 50.4 Å². The van der Waals surface area contributed by atoms with Crippen LogP contribution in [0.2, 0.25) is 0 Å². The van der Waals surface area contributed by atoms with Gasteiger partial charge in [-0.1, -0.05) is 19.1 Å². The van der Waals surface area contributed by atoms with Crippen LogP contribution in [0.4, 0.5) is 5.82 Å². The van der Waals surface area contributed by atoms with Crippen molar-refractivity contribution in [1.82, 2.24) is 14.9 Å². The van der Waals surface area contributed by atoms with E-state index in [0.29, 0.717) is 32.6 Å². The number of rotatable bonds is 5. The second-order valence-electron chi connectivity index (χ2n) is 9.25. The minimum atomic E-state index is -0.555. The number of hydrogen-bond acceptors (Lipinski definition) is 6. The van der Waals surface area contributed by atoms with Gasteiger partial charge in [0.2, 0.25) is 5.91 Å². The van der Waals surface area contributed by atoms with Crippen molar-refractivity contribution in [1.29, 1.82) is 0 Å². The third-order valence-electron chi connectivity index (χ3n) is 7.09. The molecule has 7 nitrogen and oxygen atoms in total. The predicted molar refractivity (Wildman–Crippen MR) is 124 cm³/mol. The summed E-state index contributed by atoms with van der Waals surface area (Å²) in [6.07, 6.45) is 3.34. The number of benzene rings is 1. The van der Waals surface area contributed by atoms with E-state index in [1.54, 1.807) is 7.11 Å². The zero-order valence-electron chi connectivity index (χ0n) is 19.6. The van der Waals surface area contributed by atoms with Crippen LogP contribution in [0.15, 0.2) is 30.3 Å². The van der Waals surface area contributed by atoms with Gasteiger partial charge in [0.25, 0.3) is 0 Å². The van der Waals surface area contributed by atoms with Gasteiger partial charge in [0.1, 0.15) is 17.4 Å². The number of amides is 1. The van der Waals surface area contributed by atoms with Gasteiger partial charge in [0.15, 0.2) is 0 Å². The molecule has 2 fully saturated rings. The molecule has 1 atom stereocenters. The molecule has 0 aliphatic carbocycles. The van der Waals surface area contributed by atoms with E-state index in [-0.39, 0.29) is 11.3 Å². The van der Waals surface area contributed by atoms with E-state index in [4.69, 9.17) is 14.5 Å². The summed E-state index contributed by atoms with van der Waals surface area (Å²) in [6.45, 7) is 6.76. The quantitative estimate of drug-likeness (QED) is 0.770. The lowest BCUT2D eigenvalue weighted by Crippen LogP contribution is -2.55. The summed E-state index contributed by atoms with van der Waals surface area (Å²) in [5, 5.41) is 3.13. The van der Waals surface area contributed by atoms with E-state index >= 15 is 0 Å². The molecule has 1 aromatic heterocycles. The first kappa shape index (κ1) is 22.5. The van der Waals surface area contributed by atoms with Gasteiger partial charge in [-0.3, -0.25) is 4.79 Å². The molecule has 4 rings (SSSR count). The zero-order valence-corrected chi connectivity index (χ0v) is 19.6. The Bertz CT molecular complexity index is 956. The molecule has 7 heteroatoms. The maximum Gasteiger partial charge on any atom is 0.233 e. The minimum Gasteiger partial charge on any atom is -0.497 e. The Balaban J connectivity index is 1.65. The number of ether oxygens (including phenoxy) is 2. The molecule has 3 heterocycles. The lowest BCUT2D eigenvalue weighted by Gasteiger charge is -2.45. The minimum absolute atomic E-state index is 0.205. The van der Waals surface area contributed by atoms with Crippen molar-refractivity contribution in [2.24, 2.45) is 0 Å². The molecule has 1 N–H and O–H groups in total. The van der Waals surface area contributed by atoms with Crippen LogP contribution >= 0.6 is 0 Å². The number of nitrogens with one attached hydrogen (secondary N) is 1. The van der Waals surface area contributed by atoms with E-state index in [9.17, 15) is 4.79 Å². The van der Waals surface area contributed by atoms with Gasteiger partial charge in [0.05, 0.1) is 18.2 Å².